The van der Waals surface area contributed by atoms with Crippen molar-refractivity contribution < 1.29 is 15.0 Å². The SMILES string of the molecule is CC(CC(=O)O)CC(C)(C)C.Nc1ccc(O)c(Cl)c1. The first-order chi connectivity index (χ1) is 9.01. The van der Waals surface area contributed by atoms with Crippen molar-refractivity contribution in [2.75, 3.05) is 5.73 Å². The van der Waals surface area contributed by atoms with E-state index in [-0.39, 0.29) is 28.5 Å². The van der Waals surface area contributed by atoms with Gasteiger partial charge < -0.3 is 15.9 Å². The highest BCUT2D eigenvalue weighted by molar-refractivity contribution is 6.32. The lowest BCUT2D eigenvalue weighted by atomic mass is 9.84. The Morgan fingerprint density at radius 2 is 1.95 bits per heavy atom. The second kappa shape index (κ2) is 8.00. The van der Waals surface area contributed by atoms with Gasteiger partial charge in [-0.15, -0.1) is 0 Å². The maximum Gasteiger partial charge on any atom is 0.303 e. The van der Waals surface area contributed by atoms with Gasteiger partial charge in [0.05, 0.1) is 5.02 Å². The molecule has 0 radical (unpaired) electrons. The van der Waals surface area contributed by atoms with E-state index < -0.39 is 5.97 Å². The van der Waals surface area contributed by atoms with Crippen molar-refractivity contribution in [1.29, 1.82) is 0 Å². The molecule has 0 aliphatic heterocycles. The predicted octanol–water partition coefficient (Wildman–Crippen LogP) is 4.16. The van der Waals surface area contributed by atoms with Crippen LogP contribution in [-0.2, 0) is 4.79 Å². The highest BCUT2D eigenvalue weighted by atomic mass is 35.5. The summed E-state index contributed by atoms with van der Waals surface area (Å²) in [5, 5.41) is 17.6. The molecule has 0 spiro atoms. The van der Waals surface area contributed by atoms with Crippen LogP contribution in [0.15, 0.2) is 18.2 Å². The minimum absolute atomic E-state index is 0.0610. The average Bonchev–Trinajstić information content (AvgIpc) is 2.20. The molecule has 1 atom stereocenters. The van der Waals surface area contributed by atoms with Gasteiger partial charge in [-0.2, -0.15) is 0 Å². The number of phenolic OH excluding ortho intramolecular Hbond substituents is 1. The van der Waals surface area contributed by atoms with Gasteiger partial charge in [-0.25, -0.2) is 0 Å². The van der Waals surface area contributed by atoms with E-state index in [0.717, 1.165) is 6.42 Å². The number of rotatable bonds is 3. The molecule has 0 amide bonds. The summed E-state index contributed by atoms with van der Waals surface area (Å²) in [4.78, 5) is 10.3. The summed E-state index contributed by atoms with van der Waals surface area (Å²) in [6, 6.07) is 4.54. The fraction of sp³-hybridized carbons (Fsp3) is 0.533. The van der Waals surface area contributed by atoms with Gasteiger partial charge in [0.2, 0.25) is 0 Å². The van der Waals surface area contributed by atoms with Gasteiger partial charge in [0.1, 0.15) is 5.75 Å². The van der Waals surface area contributed by atoms with Crippen LogP contribution >= 0.6 is 11.6 Å². The first-order valence-corrected chi connectivity index (χ1v) is 6.85. The van der Waals surface area contributed by atoms with E-state index in [1.807, 2.05) is 6.92 Å². The summed E-state index contributed by atoms with van der Waals surface area (Å²) in [5.74, 6) is -0.347. The number of aliphatic carboxylic acids is 1. The minimum Gasteiger partial charge on any atom is -0.506 e. The first-order valence-electron chi connectivity index (χ1n) is 6.47. The minimum atomic E-state index is -0.693. The zero-order valence-corrected chi connectivity index (χ0v) is 13.2. The normalized spacial score (nSPS) is 12.2. The number of hydrogen-bond acceptors (Lipinski definition) is 3. The van der Waals surface area contributed by atoms with E-state index in [4.69, 9.17) is 27.5 Å². The van der Waals surface area contributed by atoms with Crippen molar-refractivity contribution >= 4 is 23.3 Å². The monoisotopic (exact) mass is 301 g/mol. The average molecular weight is 302 g/mol. The van der Waals surface area contributed by atoms with Gasteiger partial charge in [0.15, 0.2) is 0 Å². The van der Waals surface area contributed by atoms with Gasteiger partial charge in [-0.05, 0) is 36.0 Å². The van der Waals surface area contributed by atoms with E-state index in [9.17, 15) is 4.79 Å². The fourth-order valence-corrected chi connectivity index (χ4v) is 2.13. The summed E-state index contributed by atoms with van der Waals surface area (Å²) in [6.45, 7) is 8.38. The predicted molar refractivity (Wildman–Crippen MR) is 83.0 cm³/mol. The van der Waals surface area contributed by atoms with Crippen LogP contribution in [0.3, 0.4) is 0 Å². The van der Waals surface area contributed by atoms with Crippen molar-refractivity contribution in [3.05, 3.63) is 23.2 Å². The molecule has 0 aromatic heterocycles. The standard InChI is InChI=1S/C9H18O2.C6H6ClNO/c1-7(5-8(10)11)6-9(2,3)4;7-5-3-4(8)1-2-6(5)9/h7H,5-6H2,1-4H3,(H,10,11);1-3,9H,8H2. The zero-order chi connectivity index (χ0) is 15.9. The third-order valence-corrected chi connectivity index (χ3v) is 2.76. The number of halogens is 1. The molecule has 20 heavy (non-hydrogen) atoms. The maximum atomic E-state index is 10.3. The van der Waals surface area contributed by atoms with Gasteiger partial charge in [0, 0.05) is 12.1 Å². The second-order valence-corrected chi connectivity index (χ2v) is 6.59. The molecule has 0 heterocycles. The van der Waals surface area contributed by atoms with Gasteiger partial charge >= 0.3 is 5.97 Å². The number of carbonyl (C=O) groups is 1. The molecule has 4 nitrogen and oxygen atoms in total. The number of nitrogens with two attached hydrogens (primary N) is 1. The van der Waals surface area contributed by atoms with Crippen molar-refractivity contribution in [2.24, 2.45) is 11.3 Å². The lowest BCUT2D eigenvalue weighted by molar-refractivity contribution is -0.138. The van der Waals surface area contributed by atoms with E-state index in [0.29, 0.717) is 5.69 Å². The molecule has 0 aliphatic rings. The third kappa shape index (κ3) is 9.50. The molecule has 1 aromatic rings. The van der Waals surface area contributed by atoms with Crippen LogP contribution in [0, 0.1) is 11.3 Å². The van der Waals surface area contributed by atoms with Crippen molar-refractivity contribution in [3.8, 4) is 5.75 Å². The molecule has 4 N–H and O–H groups in total. The Labute approximate surface area is 125 Å². The van der Waals surface area contributed by atoms with Gasteiger partial charge in [-0.1, -0.05) is 39.3 Å². The molecule has 0 bridgehead atoms. The Kier molecular flexibility index (Phi) is 7.43. The molecule has 1 rings (SSSR count). The lowest BCUT2D eigenvalue weighted by Crippen LogP contribution is -2.13. The summed E-state index contributed by atoms with van der Waals surface area (Å²) in [5.41, 5.74) is 6.13. The Morgan fingerprint density at radius 3 is 2.30 bits per heavy atom. The van der Waals surface area contributed by atoms with Crippen molar-refractivity contribution in [2.45, 2.75) is 40.5 Å². The first kappa shape index (κ1) is 18.6. The molecular weight excluding hydrogens is 278 g/mol. The quantitative estimate of drug-likeness (QED) is 0.578. The number of phenols is 1. The molecule has 0 saturated carbocycles. The molecule has 0 saturated heterocycles. The molecule has 1 unspecified atom stereocenters. The largest absolute Gasteiger partial charge is 0.506 e. The Balaban J connectivity index is 0.000000367. The fourth-order valence-electron chi connectivity index (χ4n) is 1.94. The lowest BCUT2D eigenvalue weighted by Gasteiger charge is -2.21. The highest BCUT2D eigenvalue weighted by Crippen LogP contribution is 2.25. The van der Waals surface area contributed by atoms with Gasteiger partial charge in [-0.3, -0.25) is 4.79 Å². The molecule has 1 aromatic carbocycles. The van der Waals surface area contributed by atoms with Crippen LogP contribution in [-0.4, -0.2) is 16.2 Å². The third-order valence-electron chi connectivity index (χ3n) is 2.46. The van der Waals surface area contributed by atoms with Crippen molar-refractivity contribution in [1.82, 2.24) is 0 Å². The van der Waals surface area contributed by atoms with E-state index >= 15 is 0 Å². The molecule has 0 fully saturated rings. The van der Waals surface area contributed by atoms with Crippen LogP contribution in [0.4, 0.5) is 5.69 Å². The van der Waals surface area contributed by atoms with E-state index in [1.165, 1.54) is 12.1 Å². The number of anilines is 1. The number of nitrogen functional groups attached to an aromatic ring is 1. The summed E-state index contributed by atoms with van der Waals surface area (Å²) < 4.78 is 0. The molecule has 0 aliphatic carbocycles. The highest BCUT2D eigenvalue weighted by Gasteiger charge is 2.16. The number of benzene rings is 1. The molecule has 5 heteroatoms. The zero-order valence-electron chi connectivity index (χ0n) is 12.5. The van der Waals surface area contributed by atoms with Crippen LogP contribution < -0.4 is 5.73 Å². The van der Waals surface area contributed by atoms with Gasteiger partial charge in [0.25, 0.3) is 0 Å². The summed E-state index contributed by atoms with van der Waals surface area (Å²) >= 11 is 5.48. The number of hydrogen-bond donors (Lipinski definition) is 3. The van der Waals surface area contributed by atoms with Crippen molar-refractivity contribution in [3.63, 3.8) is 0 Å². The second-order valence-electron chi connectivity index (χ2n) is 6.18. The Hall–Kier alpha value is -1.42. The summed E-state index contributed by atoms with van der Waals surface area (Å²) in [6.07, 6.45) is 1.26. The Bertz CT molecular complexity index is 441. The van der Waals surface area contributed by atoms with Crippen LogP contribution in [0.2, 0.25) is 5.02 Å². The van der Waals surface area contributed by atoms with Crippen LogP contribution in [0.1, 0.15) is 40.5 Å². The number of aromatic hydroxyl groups is 1. The number of carboxylic acids is 1. The smallest absolute Gasteiger partial charge is 0.303 e. The maximum absolute atomic E-state index is 10.3. The van der Waals surface area contributed by atoms with Crippen LogP contribution in [0.25, 0.3) is 0 Å². The topological polar surface area (TPSA) is 83.5 Å². The van der Waals surface area contributed by atoms with E-state index in [2.05, 4.69) is 20.8 Å². The summed E-state index contributed by atoms with van der Waals surface area (Å²) in [7, 11) is 0. The molecule has 114 valence electrons. The Morgan fingerprint density at radius 1 is 1.40 bits per heavy atom. The van der Waals surface area contributed by atoms with Crippen LogP contribution in [0.5, 0.6) is 5.75 Å². The number of carboxylic acid groups (broad SMARTS) is 1. The van der Waals surface area contributed by atoms with E-state index in [1.54, 1.807) is 6.07 Å². The molecular formula is C15H24ClNO3.